The second kappa shape index (κ2) is 9.79. The van der Waals surface area contributed by atoms with E-state index in [4.69, 9.17) is 16.3 Å². The van der Waals surface area contributed by atoms with E-state index in [-0.39, 0.29) is 23.8 Å². The number of ether oxygens (including phenoxy) is 1. The summed E-state index contributed by atoms with van der Waals surface area (Å²) in [6.07, 6.45) is 0.164. The Morgan fingerprint density at radius 1 is 1.10 bits per heavy atom. The van der Waals surface area contributed by atoms with Gasteiger partial charge >= 0.3 is 0 Å². The second-order valence-electron chi connectivity index (χ2n) is 8.10. The van der Waals surface area contributed by atoms with Gasteiger partial charge in [-0.1, -0.05) is 35.9 Å². The van der Waals surface area contributed by atoms with Crippen LogP contribution in [0.25, 0.3) is 0 Å². The summed E-state index contributed by atoms with van der Waals surface area (Å²) in [6.45, 7) is 7.79. The normalized spacial score (nSPS) is 12.2. The van der Waals surface area contributed by atoms with E-state index in [9.17, 15) is 9.59 Å². The Morgan fingerprint density at radius 2 is 1.76 bits per heavy atom. The Hall–Kier alpha value is -2.53. The molecule has 0 saturated carbocycles. The van der Waals surface area contributed by atoms with E-state index >= 15 is 0 Å². The summed E-state index contributed by atoms with van der Waals surface area (Å²) in [4.78, 5) is 27.5. The number of amides is 2. The van der Waals surface area contributed by atoms with Crippen molar-refractivity contribution >= 4 is 23.4 Å². The van der Waals surface area contributed by atoms with Crippen LogP contribution >= 0.6 is 11.6 Å². The van der Waals surface area contributed by atoms with E-state index in [1.54, 1.807) is 31.1 Å². The van der Waals surface area contributed by atoms with Crippen LogP contribution in [0.4, 0.5) is 0 Å². The molecule has 0 aliphatic heterocycles. The van der Waals surface area contributed by atoms with Crippen LogP contribution in [0.15, 0.2) is 48.5 Å². The molecule has 1 atom stereocenters. The molecule has 2 aromatic carbocycles. The average molecular weight is 417 g/mol. The topological polar surface area (TPSA) is 58.6 Å². The van der Waals surface area contributed by atoms with Crippen molar-refractivity contribution in [3.8, 4) is 5.75 Å². The molecule has 0 bridgehead atoms. The third-order valence-electron chi connectivity index (χ3n) is 4.40. The number of nitrogens with zero attached hydrogens (tertiary/aromatic N) is 1. The molecule has 5 nitrogen and oxygen atoms in total. The van der Waals surface area contributed by atoms with E-state index in [2.05, 4.69) is 5.32 Å². The second-order valence-corrected chi connectivity index (χ2v) is 8.53. The molecule has 0 fully saturated rings. The number of carbonyl (C=O) groups is 2. The van der Waals surface area contributed by atoms with Gasteiger partial charge in [0.05, 0.1) is 13.5 Å². The molecular weight excluding hydrogens is 388 g/mol. The summed E-state index contributed by atoms with van der Waals surface area (Å²) >= 11 is 6.05. The van der Waals surface area contributed by atoms with Gasteiger partial charge < -0.3 is 15.0 Å². The fourth-order valence-electron chi connectivity index (χ4n) is 2.95. The fraction of sp³-hybridized carbons (Fsp3) is 0.391. The van der Waals surface area contributed by atoms with Gasteiger partial charge in [0, 0.05) is 17.1 Å². The van der Waals surface area contributed by atoms with Crippen LogP contribution in [0.3, 0.4) is 0 Å². The Morgan fingerprint density at radius 3 is 2.38 bits per heavy atom. The summed E-state index contributed by atoms with van der Waals surface area (Å²) < 4.78 is 5.28. The molecule has 0 aromatic heterocycles. The first-order valence-electron chi connectivity index (χ1n) is 9.58. The lowest BCUT2D eigenvalue weighted by Gasteiger charge is -2.31. The number of methoxy groups -OCH3 is 1. The smallest absolute Gasteiger partial charge is 0.242 e. The first-order valence-corrected chi connectivity index (χ1v) is 9.96. The SMILES string of the molecule is COc1cccc(CN(C(=O)Cc2cccc(Cl)c2)[C@H](C)C(=O)NC(C)(C)C)c1. The number of rotatable bonds is 7. The minimum absolute atomic E-state index is 0.147. The lowest BCUT2D eigenvalue weighted by Crippen LogP contribution is -2.52. The summed E-state index contributed by atoms with van der Waals surface area (Å²) in [5.41, 5.74) is 1.31. The van der Waals surface area contributed by atoms with E-state index in [1.165, 1.54) is 0 Å². The highest BCUT2D eigenvalue weighted by molar-refractivity contribution is 6.30. The molecule has 156 valence electrons. The molecule has 0 aliphatic rings. The molecule has 0 aliphatic carbocycles. The van der Waals surface area contributed by atoms with Gasteiger partial charge in [0.25, 0.3) is 0 Å². The number of nitrogens with one attached hydrogen (secondary N) is 1. The molecule has 1 N–H and O–H groups in total. The highest BCUT2D eigenvalue weighted by atomic mass is 35.5. The lowest BCUT2D eigenvalue weighted by atomic mass is 10.1. The van der Waals surface area contributed by atoms with Gasteiger partial charge in [-0.2, -0.15) is 0 Å². The van der Waals surface area contributed by atoms with Crippen molar-refractivity contribution in [2.45, 2.75) is 52.2 Å². The Bertz CT molecular complexity index is 861. The maximum Gasteiger partial charge on any atom is 0.242 e. The zero-order chi connectivity index (χ0) is 21.6. The number of halogens is 1. The standard InChI is InChI=1S/C23H29ClN2O3/c1-16(22(28)25-23(2,3)4)26(15-18-9-7-11-20(13-18)29-5)21(27)14-17-8-6-10-19(24)12-17/h6-13,16H,14-15H2,1-5H3,(H,25,28)/t16-/m1/s1. The zero-order valence-electron chi connectivity index (χ0n) is 17.7. The van der Waals surface area contributed by atoms with Crippen molar-refractivity contribution in [3.63, 3.8) is 0 Å². The number of hydrogen-bond acceptors (Lipinski definition) is 3. The summed E-state index contributed by atoms with van der Waals surface area (Å²) in [5, 5.41) is 3.53. The Balaban J connectivity index is 2.27. The van der Waals surface area contributed by atoms with Crippen LogP contribution in [0.1, 0.15) is 38.8 Å². The molecular formula is C23H29ClN2O3. The van der Waals surface area contributed by atoms with E-state index in [0.717, 1.165) is 11.1 Å². The summed E-state index contributed by atoms with van der Waals surface area (Å²) in [7, 11) is 1.60. The molecule has 0 spiro atoms. The average Bonchev–Trinajstić information content (AvgIpc) is 2.64. The maximum absolute atomic E-state index is 13.2. The van der Waals surface area contributed by atoms with Crippen LogP contribution in [0.5, 0.6) is 5.75 Å². The third-order valence-corrected chi connectivity index (χ3v) is 4.63. The third kappa shape index (κ3) is 7.09. The maximum atomic E-state index is 13.2. The van der Waals surface area contributed by atoms with E-state index < -0.39 is 6.04 Å². The highest BCUT2D eigenvalue weighted by Gasteiger charge is 2.28. The first kappa shape index (κ1) is 22.8. The van der Waals surface area contributed by atoms with Gasteiger partial charge in [0.15, 0.2) is 0 Å². The van der Waals surface area contributed by atoms with Crippen molar-refractivity contribution in [3.05, 3.63) is 64.7 Å². The van der Waals surface area contributed by atoms with Gasteiger partial charge in [-0.05, 0) is 63.1 Å². The molecule has 2 amide bonds. The highest BCUT2D eigenvalue weighted by Crippen LogP contribution is 2.18. The van der Waals surface area contributed by atoms with Crippen molar-refractivity contribution in [2.75, 3.05) is 7.11 Å². The fourth-order valence-corrected chi connectivity index (χ4v) is 3.16. The van der Waals surface area contributed by atoms with E-state index in [0.29, 0.717) is 17.3 Å². The largest absolute Gasteiger partial charge is 0.497 e. The number of carbonyl (C=O) groups excluding carboxylic acids is 2. The zero-order valence-corrected chi connectivity index (χ0v) is 18.4. The Kier molecular flexibility index (Phi) is 7.68. The van der Waals surface area contributed by atoms with Gasteiger partial charge in [0.2, 0.25) is 11.8 Å². The quantitative estimate of drug-likeness (QED) is 0.735. The monoisotopic (exact) mass is 416 g/mol. The van der Waals surface area contributed by atoms with Crippen LogP contribution in [0, 0.1) is 0 Å². The molecule has 0 heterocycles. The minimum Gasteiger partial charge on any atom is -0.497 e. The molecule has 2 rings (SSSR count). The van der Waals surface area contributed by atoms with Crippen molar-refractivity contribution < 1.29 is 14.3 Å². The summed E-state index contributed by atoms with van der Waals surface area (Å²) in [6, 6.07) is 14.1. The number of hydrogen-bond donors (Lipinski definition) is 1. The molecule has 0 saturated heterocycles. The van der Waals surface area contributed by atoms with Crippen molar-refractivity contribution in [2.24, 2.45) is 0 Å². The summed E-state index contributed by atoms with van der Waals surface area (Å²) in [5.74, 6) is 0.364. The minimum atomic E-state index is -0.632. The van der Waals surface area contributed by atoms with Gasteiger partial charge in [0.1, 0.15) is 11.8 Å². The molecule has 0 radical (unpaired) electrons. The van der Waals surface area contributed by atoms with E-state index in [1.807, 2.05) is 57.2 Å². The van der Waals surface area contributed by atoms with Crippen molar-refractivity contribution in [1.29, 1.82) is 0 Å². The first-order chi connectivity index (χ1) is 13.6. The number of benzene rings is 2. The Labute approximate surface area is 178 Å². The van der Waals surface area contributed by atoms with Crippen LogP contribution in [-0.2, 0) is 22.6 Å². The van der Waals surface area contributed by atoms with Crippen LogP contribution in [0.2, 0.25) is 5.02 Å². The van der Waals surface area contributed by atoms with Gasteiger partial charge in [-0.25, -0.2) is 0 Å². The predicted molar refractivity (Wildman–Crippen MR) is 116 cm³/mol. The molecule has 29 heavy (non-hydrogen) atoms. The molecule has 6 heteroatoms. The molecule has 2 aromatic rings. The predicted octanol–water partition coefficient (Wildman–Crippen LogP) is 4.22. The molecule has 0 unspecified atom stereocenters. The lowest BCUT2D eigenvalue weighted by molar-refractivity contribution is -0.140. The van der Waals surface area contributed by atoms with Crippen molar-refractivity contribution in [1.82, 2.24) is 10.2 Å². The van der Waals surface area contributed by atoms with Gasteiger partial charge in [-0.3, -0.25) is 9.59 Å². The van der Waals surface area contributed by atoms with Crippen LogP contribution < -0.4 is 10.1 Å². The van der Waals surface area contributed by atoms with Gasteiger partial charge in [-0.15, -0.1) is 0 Å². The van der Waals surface area contributed by atoms with Crippen LogP contribution in [-0.4, -0.2) is 35.4 Å².